The molecule has 0 fully saturated rings. The minimum atomic E-state index is -0.317. The van der Waals surface area contributed by atoms with Crippen molar-refractivity contribution in [3.8, 4) is 0 Å². The first kappa shape index (κ1) is 16.2. The Balaban J connectivity index is 1.50. The number of fused-ring (bicyclic) bond motifs is 1. The third-order valence-corrected chi connectivity index (χ3v) is 4.78. The Hall–Kier alpha value is -3.32. The summed E-state index contributed by atoms with van der Waals surface area (Å²) in [5.74, 6) is -0.512. The normalized spacial score (nSPS) is 10.8. The summed E-state index contributed by atoms with van der Waals surface area (Å²) in [6.07, 6.45) is 5.04. The van der Waals surface area contributed by atoms with Gasteiger partial charge in [0.1, 0.15) is 5.69 Å². The molecular weight excluding hydrogens is 348 g/mol. The number of carbonyl (C=O) groups excluding carboxylic acids is 2. The number of nitrogens with one attached hydrogen (secondary N) is 2. The second kappa shape index (κ2) is 6.89. The van der Waals surface area contributed by atoms with Gasteiger partial charge in [0.05, 0.1) is 5.56 Å². The Bertz CT molecular complexity index is 1090. The van der Waals surface area contributed by atoms with Gasteiger partial charge in [0.25, 0.3) is 5.91 Å². The first-order chi connectivity index (χ1) is 12.7. The first-order valence-electron chi connectivity index (χ1n) is 7.96. The van der Waals surface area contributed by atoms with E-state index in [9.17, 15) is 9.59 Å². The van der Waals surface area contributed by atoms with Gasteiger partial charge in [-0.25, -0.2) is 4.98 Å². The lowest BCUT2D eigenvalue weighted by Crippen LogP contribution is -2.23. The number of benzene rings is 1. The molecule has 0 radical (unpaired) electrons. The van der Waals surface area contributed by atoms with E-state index in [1.54, 1.807) is 24.0 Å². The predicted octanol–water partition coefficient (Wildman–Crippen LogP) is 3.18. The summed E-state index contributed by atoms with van der Waals surface area (Å²) in [7, 11) is 0. The summed E-state index contributed by atoms with van der Waals surface area (Å²) in [4.78, 5) is 36.3. The molecule has 26 heavy (non-hydrogen) atoms. The monoisotopic (exact) mass is 362 g/mol. The number of aromatic amines is 1. The summed E-state index contributed by atoms with van der Waals surface area (Å²) < 4.78 is 0. The number of rotatable bonds is 5. The molecule has 0 aliphatic heterocycles. The van der Waals surface area contributed by atoms with Crippen molar-refractivity contribution < 1.29 is 9.59 Å². The molecule has 2 N–H and O–H groups in total. The molecule has 4 rings (SSSR count). The van der Waals surface area contributed by atoms with Crippen molar-refractivity contribution >= 4 is 33.9 Å². The molecule has 0 bridgehead atoms. The summed E-state index contributed by atoms with van der Waals surface area (Å²) in [5, 5.41) is 5.51. The second-order valence-corrected chi connectivity index (χ2v) is 6.52. The van der Waals surface area contributed by atoms with E-state index in [0.29, 0.717) is 17.1 Å². The topological polar surface area (TPSA) is 87.7 Å². The molecule has 0 saturated carbocycles. The van der Waals surface area contributed by atoms with Gasteiger partial charge in [0.15, 0.2) is 5.01 Å². The Kier molecular flexibility index (Phi) is 4.28. The van der Waals surface area contributed by atoms with E-state index in [2.05, 4.69) is 20.3 Å². The molecule has 3 heterocycles. The van der Waals surface area contributed by atoms with Gasteiger partial charge in [-0.1, -0.05) is 24.3 Å². The van der Waals surface area contributed by atoms with Crippen molar-refractivity contribution in [1.29, 1.82) is 0 Å². The largest absolute Gasteiger partial charge is 0.360 e. The molecule has 4 aromatic rings. The van der Waals surface area contributed by atoms with Crippen LogP contribution >= 0.6 is 11.3 Å². The molecule has 0 unspecified atom stereocenters. The summed E-state index contributed by atoms with van der Waals surface area (Å²) in [6.45, 7) is 0.357. The molecule has 6 nitrogen and oxygen atoms in total. The van der Waals surface area contributed by atoms with Crippen molar-refractivity contribution in [2.24, 2.45) is 0 Å². The maximum Gasteiger partial charge on any atom is 0.271 e. The van der Waals surface area contributed by atoms with Crippen LogP contribution in [0.1, 0.15) is 31.4 Å². The average Bonchev–Trinajstić information content (AvgIpc) is 3.34. The van der Waals surface area contributed by atoms with E-state index < -0.39 is 0 Å². The third kappa shape index (κ3) is 3.12. The lowest BCUT2D eigenvalue weighted by atomic mass is 10.1. The van der Waals surface area contributed by atoms with Crippen LogP contribution in [-0.2, 0) is 6.54 Å². The van der Waals surface area contributed by atoms with Crippen LogP contribution in [0.5, 0.6) is 0 Å². The molecule has 128 valence electrons. The van der Waals surface area contributed by atoms with Crippen LogP contribution in [0, 0.1) is 0 Å². The van der Waals surface area contributed by atoms with E-state index in [1.807, 2.05) is 36.4 Å². The summed E-state index contributed by atoms with van der Waals surface area (Å²) in [5.41, 5.74) is 2.58. The Morgan fingerprint density at radius 1 is 1.15 bits per heavy atom. The van der Waals surface area contributed by atoms with Gasteiger partial charge in [-0.15, -0.1) is 11.3 Å². The van der Waals surface area contributed by atoms with E-state index in [1.165, 1.54) is 11.3 Å². The molecule has 1 aromatic carbocycles. The SMILES string of the molecule is O=C(NCc1cccnc1)c1csc(C(=O)c2c[nH]c3ccccc23)n1. The Labute approximate surface area is 152 Å². The van der Waals surface area contributed by atoms with E-state index in [-0.39, 0.29) is 17.4 Å². The van der Waals surface area contributed by atoms with Crippen LogP contribution < -0.4 is 5.32 Å². The van der Waals surface area contributed by atoms with Gasteiger partial charge in [0.2, 0.25) is 5.78 Å². The first-order valence-corrected chi connectivity index (χ1v) is 8.84. The number of carbonyl (C=O) groups is 2. The van der Waals surface area contributed by atoms with Crippen molar-refractivity contribution in [1.82, 2.24) is 20.3 Å². The number of thiazole rings is 1. The van der Waals surface area contributed by atoms with Crippen LogP contribution in [0.3, 0.4) is 0 Å². The van der Waals surface area contributed by atoms with Crippen molar-refractivity contribution in [3.63, 3.8) is 0 Å². The fraction of sp³-hybridized carbons (Fsp3) is 0.0526. The Morgan fingerprint density at radius 2 is 2.04 bits per heavy atom. The zero-order valence-corrected chi connectivity index (χ0v) is 14.4. The highest BCUT2D eigenvalue weighted by Crippen LogP contribution is 2.22. The molecule has 7 heteroatoms. The van der Waals surface area contributed by atoms with Gasteiger partial charge in [-0.3, -0.25) is 14.6 Å². The molecule has 3 aromatic heterocycles. The summed E-state index contributed by atoms with van der Waals surface area (Å²) in [6, 6.07) is 11.3. The number of pyridine rings is 1. The number of hydrogen-bond donors (Lipinski definition) is 2. The third-order valence-electron chi connectivity index (χ3n) is 3.94. The number of aromatic nitrogens is 3. The van der Waals surface area contributed by atoms with E-state index >= 15 is 0 Å². The fourth-order valence-electron chi connectivity index (χ4n) is 2.63. The zero-order chi connectivity index (χ0) is 17.9. The van der Waals surface area contributed by atoms with Crippen LogP contribution in [-0.4, -0.2) is 26.6 Å². The molecule has 0 aliphatic rings. The van der Waals surface area contributed by atoms with Gasteiger partial charge >= 0.3 is 0 Å². The highest BCUT2D eigenvalue weighted by atomic mass is 32.1. The Morgan fingerprint density at radius 3 is 2.88 bits per heavy atom. The number of nitrogens with zero attached hydrogens (tertiary/aromatic N) is 2. The molecule has 1 amide bonds. The van der Waals surface area contributed by atoms with Crippen molar-refractivity contribution in [2.75, 3.05) is 0 Å². The van der Waals surface area contributed by atoms with Gasteiger partial charge in [0, 0.05) is 41.4 Å². The predicted molar refractivity (Wildman–Crippen MR) is 99.3 cm³/mol. The fourth-order valence-corrected chi connectivity index (χ4v) is 3.38. The molecule has 0 aliphatic carbocycles. The minimum Gasteiger partial charge on any atom is -0.360 e. The highest BCUT2D eigenvalue weighted by Gasteiger charge is 2.19. The highest BCUT2D eigenvalue weighted by molar-refractivity contribution is 7.12. The lowest BCUT2D eigenvalue weighted by molar-refractivity contribution is 0.0946. The quantitative estimate of drug-likeness (QED) is 0.534. The van der Waals surface area contributed by atoms with Crippen molar-refractivity contribution in [3.05, 3.63) is 82.2 Å². The number of H-pyrrole nitrogens is 1. The van der Waals surface area contributed by atoms with Crippen LogP contribution in [0.4, 0.5) is 0 Å². The van der Waals surface area contributed by atoms with Crippen LogP contribution in [0.25, 0.3) is 10.9 Å². The molecule has 0 saturated heterocycles. The van der Waals surface area contributed by atoms with Crippen LogP contribution in [0.15, 0.2) is 60.4 Å². The van der Waals surface area contributed by atoms with E-state index in [4.69, 9.17) is 0 Å². The minimum absolute atomic E-state index is 0.196. The average molecular weight is 362 g/mol. The number of ketones is 1. The summed E-state index contributed by atoms with van der Waals surface area (Å²) >= 11 is 1.17. The smallest absolute Gasteiger partial charge is 0.271 e. The maximum absolute atomic E-state index is 12.7. The van der Waals surface area contributed by atoms with Gasteiger partial charge in [-0.05, 0) is 17.7 Å². The number of para-hydroxylation sites is 1. The van der Waals surface area contributed by atoms with E-state index in [0.717, 1.165) is 16.5 Å². The maximum atomic E-state index is 12.7. The van der Waals surface area contributed by atoms with Crippen LogP contribution in [0.2, 0.25) is 0 Å². The zero-order valence-electron chi connectivity index (χ0n) is 13.6. The number of hydrogen-bond acceptors (Lipinski definition) is 5. The molecule has 0 atom stereocenters. The van der Waals surface area contributed by atoms with Gasteiger partial charge in [-0.2, -0.15) is 0 Å². The molecule has 0 spiro atoms. The van der Waals surface area contributed by atoms with Crippen molar-refractivity contribution in [2.45, 2.75) is 6.54 Å². The standard InChI is InChI=1S/C19H14N4O2S/c24-17(14-10-21-15-6-2-1-5-13(14)15)19-23-16(11-26-19)18(25)22-9-12-4-3-7-20-8-12/h1-8,10-11,21H,9H2,(H,22,25). The second-order valence-electron chi connectivity index (χ2n) is 5.66. The van der Waals surface area contributed by atoms with Gasteiger partial charge < -0.3 is 10.3 Å². The number of amides is 1. The lowest BCUT2D eigenvalue weighted by Gasteiger charge is -2.02. The molecular formula is C19H14N4O2S.